The van der Waals surface area contributed by atoms with E-state index in [1.807, 2.05) is 19.1 Å². The molecule has 0 spiro atoms. The number of rotatable bonds is 4. The Hall–Kier alpha value is -2.99. The van der Waals surface area contributed by atoms with Gasteiger partial charge in [-0.25, -0.2) is 9.59 Å². The Morgan fingerprint density at radius 1 is 0.774 bits per heavy atom. The first kappa shape index (κ1) is 19.9. The number of nitrogens with one attached hydrogen (secondary N) is 1. The number of hydrogen-bond donors (Lipinski definition) is 1. The van der Waals surface area contributed by atoms with Crippen molar-refractivity contribution in [2.45, 2.75) is 38.1 Å². The van der Waals surface area contributed by atoms with Crippen molar-refractivity contribution in [1.82, 2.24) is 5.32 Å². The van der Waals surface area contributed by atoms with Gasteiger partial charge in [0.1, 0.15) is 5.78 Å². The van der Waals surface area contributed by atoms with Gasteiger partial charge in [0.25, 0.3) is 0 Å². The zero-order chi connectivity index (χ0) is 21.7. The molecule has 6 heteroatoms. The molecule has 2 bridgehead atoms. The molecule has 3 fully saturated rings. The molecule has 0 radical (unpaired) electrons. The van der Waals surface area contributed by atoms with E-state index < -0.39 is 24.1 Å². The SMILES string of the molecule is CC1C(=O)C2C3NC(C(OC(=O)c4ccccc4)C3OC(=O)c3ccccc3)C2C1C. The summed E-state index contributed by atoms with van der Waals surface area (Å²) in [6, 6.07) is 16.9. The van der Waals surface area contributed by atoms with Crippen LogP contribution in [-0.4, -0.2) is 42.0 Å². The van der Waals surface area contributed by atoms with Crippen LogP contribution < -0.4 is 5.32 Å². The number of esters is 2. The van der Waals surface area contributed by atoms with E-state index in [9.17, 15) is 14.4 Å². The zero-order valence-electron chi connectivity index (χ0n) is 17.4. The lowest BCUT2D eigenvalue weighted by molar-refractivity contribution is -0.126. The third-order valence-electron chi connectivity index (χ3n) is 7.31. The molecule has 160 valence electrons. The van der Waals surface area contributed by atoms with Crippen molar-refractivity contribution < 1.29 is 23.9 Å². The number of benzene rings is 2. The Bertz CT molecular complexity index is 1010. The summed E-state index contributed by atoms with van der Waals surface area (Å²) in [6.07, 6.45) is -1.36. The number of ketones is 1. The average molecular weight is 419 g/mol. The molecule has 1 aliphatic carbocycles. The number of Topliss-reactive ketones (excluding diaryl/α,β-unsaturated/α-hetero) is 1. The van der Waals surface area contributed by atoms with Gasteiger partial charge in [-0.3, -0.25) is 4.79 Å². The highest BCUT2D eigenvalue weighted by molar-refractivity contribution is 5.91. The molecular weight excluding hydrogens is 394 g/mol. The van der Waals surface area contributed by atoms with E-state index in [1.165, 1.54) is 0 Å². The minimum atomic E-state index is -0.715. The Labute approximate surface area is 180 Å². The predicted molar refractivity (Wildman–Crippen MR) is 112 cm³/mol. The molecule has 3 aliphatic rings. The second-order valence-electron chi connectivity index (χ2n) is 8.84. The van der Waals surface area contributed by atoms with Gasteiger partial charge in [0, 0.05) is 11.8 Å². The molecule has 31 heavy (non-hydrogen) atoms. The molecule has 1 N–H and O–H groups in total. The lowest BCUT2D eigenvalue weighted by atomic mass is 9.75. The van der Waals surface area contributed by atoms with Gasteiger partial charge in [0.05, 0.1) is 23.2 Å². The van der Waals surface area contributed by atoms with Crippen LogP contribution in [0.25, 0.3) is 0 Å². The van der Waals surface area contributed by atoms with Crippen molar-refractivity contribution in [2.24, 2.45) is 23.7 Å². The standard InChI is InChI=1S/C25H25NO5/c1-13-14(2)21(27)18-17(13)19-22(30-24(28)15-9-5-3-6-10-15)23(20(18)26-19)31-25(29)16-11-7-4-8-12-16/h3-14,17-20,22-23,26H,1-2H3. The molecule has 0 aromatic heterocycles. The molecule has 2 aromatic carbocycles. The van der Waals surface area contributed by atoms with Gasteiger partial charge in [-0.15, -0.1) is 0 Å². The molecule has 8 atom stereocenters. The number of hydrogen-bond acceptors (Lipinski definition) is 6. The monoisotopic (exact) mass is 419 g/mol. The highest BCUT2D eigenvalue weighted by Gasteiger charge is 2.68. The molecule has 2 aliphatic heterocycles. The number of fused-ring (bicyclic) bond motifs is 5. The smallest absolute Gasteiger partial charge is 0.338 e. The van der Waals surface area contributed by atoms with Crippen LogP contribution in [0.3, 0.4) is 0 Å². The van der Waals surface area contributed by atoms with Crippen LogP contribution in [-0.2, 0) is 14.3 Å². The van der Waals surface area contributed by atoms with Crippen molar-refractivity contribution in [3.8, 4) is 0 Å². The van der Waals surface area contributed by atoms with E-state index >= 15 is 0 Å². The van der Waals surface area contributed by atoms with Crippen molar-refractivity contribution in [2.75, 3.05) is 0 Å². The maximum absolute atomic E-state index is 13.0. The van der Waals surface area contributed by atoms with Crippen LogP contribution in [0.2, 0.25) is 0 Å². The summed E-state index contributed by atoms with van der Waals surface area (Å²) in [4.78, 5) is 38.6. The first-order valence-electron chi connectivity index (χ1n) is 10.8. The summed E-state index contributed by atoms with van der Waals surface area (Å²) in [6.45, 7) is 4.04. The van der Waals surface area contributed by atoms with Gasteiger partial charge >= 0.3 is 11.9 Å². The third kappa shape index (κ3) is 3.17. The van der Waals surface area contributed by atoms with E-state index in [0.29, 0.717) is 11.1 Å². The summed E-state index contributed by atoms with van der Waals surface area (Å²) in [5.41, 5.74) is 0.869. The fourth-order valence-electron chi connectivity index (χ4n) is 5.65. The Kier molecular flexibility index (Phi) is 4.89. The van der Waals surface area contributed by atoms with E-state index in [2.05, 4.69) is 12.2 Å². The lowest BCUT2D eigenvalue weighted by Crippen LogP contribution is -2.51. The Balaban J connectivity index is 1.44. The molecule has 1 saturated carbocycles. The first-order valence-corrected chi connectivity index (χ1v) is 10.8. The summed E-state index contributed by atoms with van der Waals surface area (Å²) in [5.74, 6) is -0.792. The summed E-state index contributed by atoms with van der Waals surface area (Å²) < 4.78 is 11.8. The van der Waals surface area contributed by atoms with Crippen molar-refractivity contribution in [3.63, 3.8) is 0 Å². The minimum absolute atomic E-state index is 0.0591. The topological polar surface area (TPSA) is 81.7 Å². The van der Waals surface area contributed by atoms with E-state index in [1.54, 1.807) is 48.5 Å². The molecule has 2 saturated heterocycles. The quantitative estimate of drug-likeness (QED) is 0.768. The maximum atomic E-state index is 13.0. The van der Waals surface area contributed by atoms with Gasteiger partial charge in [-0.2, -0.15) is 0 Å². The highest BCUT2D eigenvalue weighted by Crippen LogP contribution is 2.52. The largest absolute Gasteiger partial charge is 0.453 e. The van der Waals surface area contributed by atoms with Gasteiger partial charge in [0.2, 0.25) is 0 Å². The number of ether oxygens (including phenoxy) is 2. The zero-order valence-corrected chi connectivity index (χ0v) is 17.4. The van der Waals surface area contributed by atoms with Gasteiger partial charge in [0.15, 0.2) is 12.2 Å². The molecular formula is C25H25NO5. The van der Waals surface area contributed by atoms with Crippen LogP contribution in [0.15, 0.2) is 60.7 Å². The summed E-state index contributed by atoms with van der Waals surface area (Å²) in [7, 11) is 0. The Morgan fingerprint density at radius 3 is 1.77 bits per heavy atom. The first-order chi connectivity index (χ1) is 15.0. The van der Waals surface area contributed by atoms with E-state index in [4.69, 9.17) is 9.47 Å². The molecule has 5 rings (SSSR count). The van der Waals surface area contributed by atoms with Crippen molar-refractivity contribution in [3.05, 3.63) is 71.8 Å². The lowest BCUT2D eigenvalue weighted by Gasteiger charge is -2.36. The number of carbonyl (C=O) groups is 3. The van der Waals surface area contributed by atoms with E-state index in [0.717, 1.165) is 0 Å². The fourth-order valence-corrected chi connectivity index (χ4v) is 5.65. The minimum Gasteiger partial charge on any atom is -0.453 e. The van der Waals surface area contributed by atoms with Gasteiger partial charge in [-0.1, -0.05) is 50.2 Å². The van der Waals surface area contributed by atoms with Gasteiger partial charge in [-0.05, 0) is 36.1 Å². The fraction of sp³-hybridized carbons (Fsp3) is 0.400. The molecule has 8 unspecified atom stereocenters. The van der Waals surface area contributed by atoms with Crippen LogP contribution in [0.5, 0.6) is 0 Å². The number of carbonyl (C=O) groups excluding carboxylic acids is 3. The molecule has 2 aromatic rings. The summed E-state index contributed by atoms with van der Waals surface area (Å²) >= 11 is 0. The maximum Gasteiger partial charge on any atom is 0.338 e. The third-order valence-corrected chi connectivity index (χ3v) is 7.31. The average Bonchev–Trinajstić information content (AvgIpc) is 3.41. The van der Waals surface area contributed by atoms with E-state index in [-0.39, 0.29) is 41.5 Å². The van der Waals surface area contributed by atoms with Crippen LogP contribution in [0.4, 0.5) is 0 Å². The second-order valence-corrected chi connectivity index (χ2v) is 8.84. The van der Waals surface area contributed by atoms with Gasteiger partial charge < -0.3 is 14.8 Å². The highest BCUT2D eigenvalue weighted by atomic mass is 16.6. The molecule has 6 nitrogen and oxygen atoms in total. The molecule has 0 amide bonds. The normalized spacial score (nSPS) is 35.6. The second kappa shape index (κ2) is 7.61. The predicted octanol–water partition coefficient (Wildman–Crippen LogP) is 2.88. The van der Waals surface area contributed by atoms with Crippen LogP contribution in [0, 0.1) is 23.7 Å². The Morgan fingerprint density at radius 2 is 1.26 bits per heavy atom. The van der Waals surface area contributed by atoms with Crippen molar-refractivity contribution in [1.29, 1.82) is 0 Å². The summed E-state index contributed by atoms with van der Waals surface area (Å²) in [5, 5.41) is 3.45. The molecule has 2 heterocycles. The van der Waals surface area contributed by atoms with Crippen LogP contribution >= 0.6 is 0 Å². The van der Waals surface area contributed by atoms with Crippen LogP contribution in [0.1, 0.15) is 34.6 Å². The van der Waals surface area contributed by atoms with Crippen molar-refractivity contribution >= 4 is 17.7 Å².